The molecule has 1 aliphatic carbocycles. The van der Waals surface area contributed by atoms with Gasteiger partial charge in [-0.1, -0.05) is 6.07 Å². The summed E-state index contributed by atoms with van der Waals surface area (Å²) >= 11 is 0. The van der Waals surface area contributed by atoms with Crippen LogP contribution in [-0.2, 0) is 9.59 Å². The topological polar surface area (TPSA) is 58.6 Å². The molecule has 0 heterocycles. The van der Waals surface area contributed by atoms with Crippen LogP contribution in [0.4, 0.5) is 4.39 Å². The average molecular weight is 306 g/mol. The number of hydrogen-bond acceptors (Lipinski definition) is 3. The third-order valence-electron chi connectivity index (χ3n) is 3.29. The predicted molar refractivity (Wildman–Crippen MR) is 80.8 cm³/mol. The Balaban J connectivity index is 1.89. The molecule has 0 spiro atoms. The second-order valence-electron chi connectivity index (χ2n) is 5.26. The lowest BCUT2D eigenvalue weighted by Gasteiger charge is -2.14. The molecule has 0 bridgehead atoms. The van der Waals surface area contributed by atoms with Gasteiger partial charge in [-0.25, -0.2) is 4.39 Å². The van der Waals surface area contributed by atoms with Crippen LogP contribution in [0, 0.1) is 5.82 Å². The van der Waals surface area contributed by atoms with E-state index in [2.05, 4.69) is 5.32 Å². The standard InChI is InChI=1S/C16H19FN2O3/c1-19(10-15(20)18-12-5-6-12)16(21)8-4-11-3-7-14(22-2)13(17)9-11/h3-4,7-9,12H,5-6,10H2,1-2H3,(H,18,20)/b8-4+. The summed E-state index contributed by atoms with van der Waals surface area (Å²) in [5.41, 5.74) is 0.544. The van der Waals surface area contributed by atoms with E-state index >= 15 is 0 Å². The van der Waals surface area contributed by atoms with Crippen LogP contribution in [0.5, 0.6) is 5.75 Å². The van der Waals surface area contributed by atoms with E-state index < -0.39 is 5.82 Å². The molecule has 118 valence electrons. The molecule has 1 N–H and O–H groups in total. The predicted octanol–water partition coefficient (Wildman–Crippen LogP) is 1.58. The number of benzene rings is 1. The fraction of sp³-hybridized carbons (Fsp3) is 0.375. The zero-order valence-corrected chi connectivity index (χ0v) is 12.6. The van der Waals surface area contributed by atoms with Crippen molar-refractivity contribution in [2.45, 2.75) is 18.9 Å². The van der Waals surface area contributed by atoms with Crippen molar-refractivity contribution in [3.63, 3.8) is 0 Å². The monoisotopic (exact) mass is 306 g/mol. The van der Waals surface area contributed by atoms with E-state index in [0.29, 0.717) is 5.56 Å². The van der Waals surface area contributed by atoms with Gasteiger partial charge in [0.1, 0.15) is 0 Å². The van der Waals surface area contributed by atoms with E-state index in [0.717, 1.165) is 12.8 Å². The SMILES string of the molecule is COc1ccc(/C=C/C(=O)N(C)CC(=O)NC2CC2)cc1F. The van der Waals surface area contributed by atoms with Crippen molar-refractivity contribution in [1.29, 1.82) is 0 Å². The van der Waals surface area contributed by atoms with Crippen molar-refractivity contribution in [3.8, 4) is 5.75 Å². The van der Waals surface area contributed by atoms with Gasteiger partial charge in [0, 0.05) is 19.2 Å². The zero-order valence-electron chi connectivity index (χ0n) is 12.6. The summed E-state index contributed by atoms with van der Waals surface area (Å²) in [4.78, 5) is 24.8. The van der Waals surface area contributed by atoms with E-state index in [4.69, 9.17) is 4.74 Å². The second-order valence-corrected chi connectivity index (χ2v) is 5.26. The van der Waals surface area contributed by atoms with Crippen molar-refractivity contribution in [1.82, 2.24) is 10.2 Å². The lowest BCUT2D eigenvalue weighted by Crippen LogP contribution is -2.38. The van der Waals surface area contributed by atoms with Gasteiger partial charge in [0.15, 0.2) is 11.6 Å². The van der Waals surface area contributed by atoms with Crippen LogP contribution in [0.2, 0.25) is 0 Å². The van der Waals surface area contributed by atoms with Crippen LogP contribution in [0.1, 0.15) is 18.4 Å². The van der Waals surface area contributed by atoms with Crippen LogP contribution in [0.3, 0.4) is 0 Å². The zero-order chi connectivity index (χ0) is 16.1. The van der Waals surface area contributed by atoms with Gasteiger partial charge in [0.2, 0.25) is 11.8 Å². The minimum Gasteiger partial charge on any atom is -0.494 e. The first kappa shape index (κ1) is 16.0. The van der Waals surface area contributed by atoms with Gasteiger partial charge in [0.25, 0.3) is 0 Å². The molecule has 2 rings (SSSR count). The van der Waals surface area contributed by atoms with E-state index in [9.17, 15) is 14.0 Å². The van der Waals surface area contributed by atoms with Gasteiger partial charge in [-0.3, -0.25) is 9.59 Å². The molecule has 1 aliphatic rings. The highest BCUT2D eigenvalue weighted by Gasteiger charge is 2.23. The number of amides is 2. The molecular weight excluding hydrogens is 287 g/mol. The normalized spacial score (nSPS) is 14.0. The molecule has 6 heteroatoms. The highest BCUT2D eigenvalue weighted by molar-refractivity contribution is 5.94. The minimum atomic E-state index is -0.491. The molecule has 1 aromatic carbocycles. The Bertz CT molecular complexity index is 597. The molecule has 0 aliphatic heterocycles. The fourth-order valence-electron chi connectivity index (χ4n) is 1.88. The molecular formula is C16H19FN2O3. The maximum Gasteiger partial charge on any atom is 0.246 e. The van der Waals surface area contributed by atoms with E-state index in [1.165, 1.54) is 36.3 Å². The number of halogens is 1. The smallest absolute Gasteiger partial charge is 0.246 e. The van der Waals surface area contributed by atoms with Gasteiger partial charge in [-0.05, 0) is 36.6 Å². The first-order valence-electron chi connectivity index (χ1n) is 7.05. The van der Waals surface area contributed by atoms with E-state index in [1.807, 2.05) is 0 Å². The largest absolute Gasteiger partial charge is 0.494 e. The summed E-state index contributed by atoms with van der Waals surface area (Å²) in [5.74, 6) is -0.823. The number of likely N-dealkylation sites (N-methyl/N-ethyl adjacent to an activating group) is 1. The van der Waals surface area contributed by atoms with Crippen molar-refractivity contribution in [2.75, 3.05) is 20.7 Å². The molecule has 2 amide bonds. The highest BCUT2D eigenvalue weighted by atomic mass is 19.1. The van der Waals surface area contributed by atoms with E-state index in [-0.39, 0.29) is 30.2 Å². The summed E-state index contributed by atoms with van der Waals surface area (Å²) in [6.07, 6.45) is 4.82. The van der Waals surface area contributed by atoms with Gasteiger partial charge in [0.05, 0.1) is 13.7 Å². The Labute approximate surface area is 128 Å². The molecule has 1 aromatic rings. The number of hydrogen-bond donors (Lipinski definition) is 1. The Morgan fingerprint density at radius 1 is 1.45 bits per heavy atom. The summed E-state index contributed by atoms with van der Waals surface area (Å²) in [7, 11) is 2.94. The summed E-state index contributed by atoms with van der Waals surface area (Å²) < 4.78 is 18.4. The molecule has 1 fully saturated rings. The summed E-state index contributed by atoms with van der Waals surface area (Å²) in [5, 5.41) is 2.81. The van der Waals surface area contributed by atoms with Crippen molar-refractivity contribution >= 4 is 17.9 Å². The first-order valence-corrected chi connectivity index (χ1v) is 7.05. The molecule has 0 atom stereocenters. The Kier molecular flexibility index (Phi) is 5.14. The minimum absolute atomic E-state index is 0.0106. The van der Waals surface area contributed by atoms with Crippen molar-refractivity contribution in [3.05, 3.63) is 35.7 Å². The number of rotatable bonds is 6. The molecule has 22 heavy (non-hydrogen) atoms. The van der Waals surface area contributed by atoms with Gasteiger partial charge in [-0.2, -0.15) is 0 Å². The Morgan fingerprint density at radius 2 is 2.18 bits per heavy atom. The number of nitrogens with zero attached hydrogens (tertiary/aromatic N) is 1. The van der Waals surface area contributed by atoms with Gasteiger partial charge in [-0.15, -0.1) is 0 Å². The fourth-order valence-corrected chi connectivity index (χ4v) is 1.88. The number of methoxy groups -OCH3 is 1. The van der Waals surface area contributed by atoms with E-state index in [1.54, 1.807) is 13.1 Å². The number of ether oxygens (including phenoxy) is 1. The number of carbonyl (C=O) groups excluding carboxylic acids is 2. The number of carbonyl (C=O) groups is 2. The maximum atomic E-state index is 13.5. The molecule has 0 radical (unpaired) electrons. The quantitative estimate of drug-likeness (QED) is 0.812. The lowest BCUT2D eigenvalue weighted by atomic mass is 10.2. The Hall–Kier alpha value is -2.37. The van der Waals surface area contributed by atoms with Crippen molar-refractivity contribution in [2.24, 2.45) is 0 Å². The first-order chi connectivity index (χ1) is 10.5. The van der Waals surface area contributed by atoms with Crippen LogP contribution in [0.15, 0.2) is 24.3 Å². The van der Waals surface area contributed by atoms with Crippen LogP contribution >= 0.6 is 0 Å². The second kappa shape index (κ2) is 7.06. The van der Waals surface area contributed by atoms with Gasteiger partial charge < -0.3 is 15.0 Å². The molecule has 0 unspecified atom stereocenters. The third-order valence-corrected chi connectivity index (χ3v) is 3.29. The van der Waals surface area contributed by atoms with Gasteiger partial charge >= 0.3 is 0 Å². The van der Waals surface area contributed by atoms with Crippen LogP contribution in [-0.4, -0.2) is 43.5 Å². The van der Waals surface area contributed by atoms with Crippen LogP contribution < -0.4 is 10.1 Å². The maximum absolute atomic E-state index is 13.5. The third kappa shape index (κ3) is 4.58. The number of nitrogens with one attached hydrogen (secondary N) is 1. The molecule has 1 saturated carbocycles. The van der Waals surface area contributed by atoms with Crippen molar-refractivity contribution < 1.29 is 18.7 Å². The lowest BCUT2D eigenvalue weighted by molar-refractivity contribution is -0.131. The van der Waals surface area contributed by atoms with Crippen LogP contribution in [0.25, 0.3) is 6.08 Å². The summed E-state index contributed by atoms with van der Waals surface area (Å²) in [6, 6.07) is 4.69. The molecule has 5 nitrogen and oxygen atoms in total. The average Bonchev–Trinajstić information content (AvgIpc) is 3.28. The molecule has 0 aromatic heterocycles. The molecule has 0 saturated heterocycles. The summed E-state index contributed by atoms with van der Waals surface area (Å²) in [6.45, 7) is 0.0106. The highest BCUT2D eigenvalue weighted by Crippen LogP contribution is 2.19. The Morgan fingerprint density at radius 3 is 2.77 bits per heavy atom.